The van der Waals surface area contributed by atoms with Crippen LogP contribution in [0.15, 0.2) is 0 Å². The molecule has 1 saturated carbocycles. The van der Waals surface area contributed by atoms with Crippen molar-refractivity contribution in [1.82, 2.24) is 0 Å². The molecule has 0 spiro atoms. The summed E-state index contributed by atoms with van der Waals surface area (Å²) in [6, 6.07) is 0. The van der Waals surface area contributed by atoms with Crippen molar-refractivity contribution in [2.45, 2.75) is 205 Å². The van der Waals surface area contributed by atoms with Gasteiger partial charge in [0.15, 0.2) is 0 Å². The number of aliphatic hydroxyl groups excluding tert-OH is 1. The molecule has 2 unspecified atom stereocenters. The third kappa shape index (κ3) is 33.9. The number of hydrogen-bond acceptors (Lipinski definition) is 4. The summed E-state index contributed by atoms with van der Waals surface area (Å²) >= 11 is 0. The van der Waals surface area contributed by atoms with Crippen LogP contribution in [0.25, 0.3) is 0 Å². The molecule has 1 aliphatic heterocycles. The van der Waals surface area contributed by atoms with Crippen LogP contribution in [0.3, 0.4) is 0 Å². The highest BCUT2D eigenvalue weighted by molar-refractivity contribution is 5.73. The van der Waals surface area contributed by atoms with Crippen molar-refractivity contribution in [2.24, 2.45) is 23.2 Å². The molecule has 4 heteroatoms. The summed E-state index contributed by atoms with van der Waals surface area (Å²) in [5.74, 6) is 2.07. The first-order valence-corrected chi connectivity index (χ1v) is 17.9. The first-order chi connectivity index (χ1) is 19.4. The van der Waals surface area contributed by atoms with E-state index in [1.54, 1.807) is 0 Å². The van der Waals surface area contributed by atoms with Gasteiger partial charge in [-0.25, -0.2) is 4.79 Å². The smallest absolute Gasteiger partial charge is 0.334 e. The number of unbranched alkanes of at least 4 members (excludes halogenated alkanes) is 2. The SMILES string of the molecule is C.CCC(C)(C)CC.CCC(CC)COC(=O)C(C)O.CCC1CO1.CCCC1CCC(CCC)CC1.CCCCC.[HH]. The van der Waals surface area contributed by atoms with Gasteiger partial charge >= 0.3 is 5.97 Å². The maximum absolute atomic E-state index is 10.8. The third-order valence-corrected chi connectivity index (χ3v) is 8.80. The molecule has 2 atom stereocenters. The summed E-state index contributed by atoms with van der Waals surface area (Å²) < 4.78 is 9.72. The lowest BCUT2D eigenvalue weighted by atomic mass is 9.78. The predicted molar refractivity (Wildman–Crippen MR) is 190 cm³/mol. The van der Waals surface area contributed by atoms with E-state index < -0.39 is 12.1 Å². The van der Waals surface area contributed by atoms with E-state index in [1.807, 2.05) is 0 Å². The lowest BCUT2D eigenvalue weighted by Gasteiger charge is -2.27. The lowest BCUT2D eigenvalue weighted by Crippen LogP contribution is -2.22. The molecule has 0 aromatic rings. The monoisotopic (exact) mass is 605 g/mol. The molecule has 260 valence electrons. The summed E-state index contributed by atoms with van der Waals surface area (Å²) in [6.45, 7) is 27.2. The average Bonchev–Trinajstić information content (AvgIpc) is 3.82. The fourth-order valence-electron chi connectivity index (χ4n) is 4.38. The summed E-state index contributed by atoms with van der Waals surface area (Å²) in [5, 5.41) is 8.80. The summed E-state index contributed by atoms with van der Waals surface area (Å²) in [6.07, 6.45) is 21.4. The van der Waals surface area contributed by atoms with Gasteiger partial charge in [-0.1, -0.05) is 180 Å². The minimum absolute atomic E-state index is 0. The Morgan fingerprint density at radius 1 is 0.833 bits per heavy atom. The van der Waals surface area contributed by atoms with Gasteiger partial charge in [-0.3, -0.25) is 0 Å². The maximum atomic E-state index is 10.8. The third-order valence-electron chi connectivity index (χ3n) is 8.80. The standard InChI is InChI=1S/C12H24.C9H18O3.C7H16.C5H12.C4H8O.CH4.H2/c1-3-5-11-7-9-12(6-4-2)10-8-11;1-4-8(5-2)6-12-9(11)7(3)10;1-5-7(3,4)6-2;1-3-5-4-2;1-2-4-3-5-4;;/h11-12H,3-10H2,1-2H3;7-8,10H,4-6H2,1-3H3;5-6H2,1-4H3;3-5H2,1-2H3;4H,2-3H2,1H3;1H4;1H. The van der Waals surface area contributed by atoms with Crippen LogP contribution in [0.5, 0.6) is 0 Å². The zero-order chi connectivity index (χ0) is 32.1. The van der Waals surface area contributed by atoms with E-state index in [2.05, 4.69) is 76.2 Å². The first-order valence-electron chi connectivity index (χ1n) is 17.9. The van der Waals surface area contributed by atoms with Crippen molar-refractivity contribution in [1.29, 1.82) is 0 Å². The van der Waals surface area contributed by atoms with E-state index in [9.17, 15) is 4.79 Å². The van der Waals surface area contributed by atoms with Crippen LogP contribution in [-0.4, -0.2) is 36.5 Å². The van der Waals surface area contributed by atoms with Crippen LogP contribution in [0.4, 0.5) is 0 Å². The zero-order valence-corrected chi connectivity index (χ0v) is 30.3. The average molecular weight is 605 g/mol. The van der Waals surface area contributed by atoms with Crippen molar-refractivity contribution < 1.29 is 20.8 Å². The molecule has 0 aromatic carbocycles. The second kappa shape index (κ2) is 33.3. The fraction of sp³-hybridized carbons (Fsp3) is 0.974. The Morgan fingerprint density at radius 2 is 1.24 bits per heavy atom. The molecule has 2 aliphatic rings. The number of carbonyl (C=O) groups is 1. The van der Waals surface area contributed by atoms with Gasteiger partial charge < -0.3 is 14.6 Å². The van der Waals surface area contributed by atoms with Gasteiger partial charge in [-0.05, 0) is 36.5 Å². The predicted octanol–water partition coefficient (Wildman–Crippen LogP) is 12.4. The van der Waals surface area contributed by atoms with Gasteiger partial charge in [0.05, 0.1) is 19.3 Å². The molecule has 2 fully saturated rings. The molecular formula is C38H84O4. The molecule has 1 aliphatic carbocycles. The number of hydrogen-bond donors (Lipinski definition) is 1. The Balaban J connectivity index is -0.000000145. The van der Waals surface area contributed by atoms with E-state index in [4.69, 9.17) is 14.6 Å². The van der Waals surface area contributed by atoms with Gasteiger partial charge in [-0.2, -0.15) is 0 Å². The number of rotatable bonds is 14. The van der Waals surface area contributed by atoms with Crippen LogP contribution in [0.1, 0.15) is 195 Å². The molecule has 1 N–H and O–H groups in total. The van der Waals surface area contributed by atoms with Crippen LogP contribution in [0, 0.1) is 23.2 Å². The number of aliphatic hydroxyl groups is 1. The topological polar surface area (TPSA) is 59.1 Å². The van der Waals surface area contributed by atoms with Crippen LogP contribution in [-0.2, 0) is 14.3 Å². The highest BCUT2D eigenvalue weighted by atomic mass is 16.6. The van der Waals surface area contributed by atoms with Crippen molar-refractivity contribution in [3.8, 4) is 0 Å². The van der Waals surface area contributed by atoms with E-state index >= 15 is 0 Å². The van der Waals surface area contributed by atoms with E-state index in [1.165, 1.54) is 96.8 Å². The number of esters is 1. The largest absolute Gasteiger partial charge is 0.463 e. The van der Waals surface area contributed by atoms with E-state index in [0.717, 1.165) is 31.3 Å². The Kier molecular flexibility index (Phi) is 38.3. The second-order valence-electron chi connectivity index (χ2n) is 13.0. The van der Waals surface area contributed by atoms with Crippen molar-refractivity contribution in [3.63, 3.8) is 0 Å². The minimum atomic E-state index is -1.00. The van der Waals surface area contributed by atoms with Gasteiger partial charge in [0.25, 0.3) is 0 Å². The van der Waals surface area contributed by atoms with Gasteiger partial charge in [-0.15, -0.1) is 0 Å². The van der Waals surface area contributed by atoms with Crippen LogP contribution < -0.4 is 0 Å². The molecular weight excluding hydrogens is 520 g/mol. The summed E-state index contributed by atoms with van der Waals surface area (Å²) in [7, 11) is 0. The van der Waals surface area contributed by atoms with Crippen molar-refractivity contribution in [3.05, 3.63) is 0 Å². The number of epoxide rings is 1. The molecule has 0 aromatic heterocycles. The normalized spacial score (nSPS) is 19.5. The fourth-order valence-corrected chi connectivity index (χ4v) is 4.38. The van der Waals surface area contributed by atoms with Crippen molar-refractivity contribution in [2.75, 3.05) is 13.2 Å². The minimum Gasteiger partial charge on any atom is -0.463 e. The highest BCUT2D eigenvalue weighted by Gasteiger charge is 2.19. The second-order valence-corrected chi connectivity index (χ2v) is 13.0. The highest BCUT2D eigenvalue weighted by Crippen LogP contribution is 2.33. The molecule has 0 bridgehead atoms. The number of carbonyl (C=O) groups excluding carboxylic acids is 1. The molecule has 4 nitrogen and oxygen atoms in total. The lowest BCUT2D eigenvalue weighted by molar-refractivity contribution is -0.154. The van der Waals surface area contributed by atoms with Crippen molar-refractivity contribution >= 4 is 5.97 Å². The summed E-state index contributed by atoms with van der Waals surface area (Å²) in [5.41, 5.74) is 0.583. The Hall–Kier alpha value is -0.610. The molecule has 42 heavy (non-hydrogen) atoms. The van der Waals surface area contributed by atoms with Gasteiger partial charge in [0.1, 0.15) is 6.10 Å². The molecule has 2 rings (SSSR count). The Labute approximate surface area is 268 Å². The van der Waals surface area contributed by atoms with Crippen LogP contribution >= 0.6 is 0 Å². The first kappa shape index (κ1) is 48.3. The van der Waals surface area contributed by atoms with Gasteiger partial charge in [0, 0.05) is 1.43 Å². The maximum Gasteiger partial charge on any atom is 0.334 e. The zero-order valence-electron chi connectivity index (χ0n) is 30.3. The Morgan fingerprint density at radius 3 is 1.40 bits per heavy atom. The van der Waals surface area contributed by atoms with E-state index in [0.29, 0.717) is 24.0 Å². The molecule has 1 saturated heterocycles. The summed E-state index contributed by atoms with van der Waals surface area (Å²) in [4.78, 5) is 10.8. The van der Waals surface area contributed by atoms with Gasteiger partial charge in [0.2, 0.25) is 0 Å². The van der Waals surface area contributed by atoms with E-state index in [-0.39, 0.29) is 8.85 Å². The molecule has 1 heterocycles. The van der Waals surface area contributed by atoms with Crippen LogP contribution in [0.2, 0.25) is 0 Å². The molecule has 0 radical (unpaired) electrons. The quantitative estimate of drug-likeness (QED) is 0.158. The molecule has 0 amide bonds. The Bertz CT molecular complexity index is 500. The number of ether oxygens (including phenoxy) is 2.